The molecule has 0 amide bonds. The van der Waals surface area contributed by atoms with Crippen LogP contribution in [-0.2, 0) is 14.5 Å². The van der Waals surface area contributed by atoms with Gasteiger partial charge in [0.2, 0.25) is 0 Å². The van der Waals surface area contributed by atoms with Crippen molar-refractivity contribution in [1.82, 2.24) is 10.5 Å². The molecule has 0 aromatic rings. The van der Waals surface area contributed by atoms with Crippen LogP contribution < -0.4 is 0 Å². The molecule has 5 heteroatoms. The van der Waals surface area contributed by atoms with E-state index in [2.05, 4.69) is 0 Å². The molecular formula is C14H32N2O3. The van der Waals surface area contributed by atoms with Crippen LogP contribution in [0.5, 0.6) is 0 Å². The average Bonchev–Trinajstić information content (AvgIpc) is 2.06. The molecule has 0 N–H and O–H groups in total. The Bertz CT molecular complexity index is 245. The molecule has 0 saturated heterocycles. The quantitative estimate of drug-likeness (QED) is 0.715. The molecule has 0 rings (SSSR count). The van der Waals surface area contributed by atoms with Crippen LogP contribution in [0.4, 0.5) is 0 Å². The highest BCUT2D eigenvalue weighted by Gasteiger charge is 2.30. The Morgan fingerprint density at radius 3 is 1.16 bits per heavy atom. The third-order valence-corrected chi connectivity index (χ3v) is 1.54. The molecule has 0 heterocycles. The van der Waals surface area contributed by atoms with E-state index in [9.17, 15) is 0 Å². The van der Waals surface area contributed by atoms with Crippen molar-refractivity contribution >= 4 is 0 Å². The number of hydrogen-bond donors (Lipinski definition) is 0. The zero-order valence-corrected chi connectivity index (χ0v) is 14.3. The van der Waals surface area contributed by atoms with Crippen molar-refractivity contribution < 1.29 is 14.5 Å². The molecule has 0 radical (unpaired) electrons. The summed E-state index contributed by atoms with van der Waals surface area (Å²) >= 11 is 0. The summed E-state index contributed by atoms with van der Waals surface area (Å²) < 4.78 is 0. The molecule has 0 saturated carbocycles. The first kappa shape index (κ1) is 18.8. The first-order valence-corrected chi connectivity index (χ1v) is 6.88. The maximum Gasteiger partial charge on any atom is 0.0858 e. The molecular weight excluding hydrogens is 244 g/mol. The number of hydroxylamine groups is 1. The van der Waals surface area contributed by atoms with Gasteiger partial charge >= 0.3 is 0 Å². The van der Waals surface area contributed by atoms with E-state index in [1.807, 2.05) is 69.2 Å². The number of rotatable bonds is 5. The number of hydrazine groups is 1. The monoisotopic (exact) mass is 276 g/mol. The van der Waals surface area contributed by atoms with Gasteiger partial charge in [0.05, 0.1) is 16.8 Å². The second-order valence-electron chi connectivity index (χ2n) is 7.52. The van der Waals surface area contributed by atoms with Gasteiger partial charge in [-0.1, -0.05) is 5.17 Å². The molecule has 0 fully saturated rings. The van der Waals surface area contributed by atoms with Crippen molar-refractivity contribution in [3.63, 3.8) is 0 Å². The highest BCUT2D eigenvalue weighted by molar-refractivity contribution is 4.60. The van der Waals surface area contributed by atoms with Gasteiger partial charge in [-0.25, -0.2) is 0 Å². The van der Waals surface area contributed by atoms with Gasteiger partial charge in [0, 0.05) is 11.9 Å². The standard InChI is InChI=1S/C14H32N2O3/c1-11-15(17-12(2,3)4)16(18-13(5,6)7)19-14(8,9)10/h11H2,1-10H3. The minimum Gasteiger partial charge on any atom is -0.274 e. The fraction of sp³-hybridized carbons (Fsp3) is 1.00. The number of nitrogens with zero attached hydrogens (tertiary/aromatic N) is 2. The maximum atomic E-state index is 5.85. The minimum absolute atomic E-state index is 0.323. The minimum atomic E-state index is -0.375. The lowest BCUT2D eigenvalue weighted by Gasteiger charge is -2.40. The molecule has 0 aromatic heterocycles. The molecule has 0 aromatic carbocycles. The molecule has 0 aliphatic heterocycles. The molecule has 0 atom stereocenters. The van der Waals surface area contributed by atoms with Crippen molar-refractivity contribution in [2.75, 3.05) is 6.54 Å². The second kappa shape index (κ2) is 6.50. The molecule has 5 nitrogen and oxygen atoms in total. The van der Waals surface area contributed by atoms with Gasteiger partial charge in [0.15, 0.2) is 0 Å². The fourth-order valence-corrected chi connectivity index (χ4v) is 1.11. The SMILES string of the molecule is CCN(OC(C)(C)C)N(OC(C)(C)C)OC(C)(C)C. The first-order chi connectivity index (χ1) is 8.23. The van der Waals surface area contributed by atoms with Crippen LogP contribution in [0.15, 0.2) is 0 Å². The molecule has 0 aliphatic rings. The Labute approximate surface area is 118 Å². The summed E-state index contributed by atoms with van der Waals surface area (Å²) in [5.41, 5.74) is -1.07. The summed E-state index contributed by atoms with van der Waals surface area (Å²) in [7, 11) is 0. The van der Waals surface area contributed by atoms with Crippen molar-refractivity contribution in [2.45, 2.75) is 86.0 Å². The molecule has 19 heavy (non-hydrogen) atoms. The lowest BCUT2D eigenvalue weighted by molar-refractivity contribution is -0.573. The van der Waals surface area contributed by atoms with E-state index in [1.54, 1.807) is 5.17 Å². The van der Waals surface area contributed by atoms with Gasteiger partial charge in [-0.15, -0.1) is 0 Å². The van der Waals surface area contributed by atoms with E-state index in [1.165, 1.54) is 5.34 Å². The van der Waals surface area contributed by atoms with E-state index in [4.69, 9.17) is 14.5 Å². The van der Waals surface area contributed by atoms with Crippen molar-refractivity contribution in [3.8, 4) is 0 Å². The Morgan fingerprint density at radius 2 is 0.947 bits per heavy atom. The second-order valence-corrected chi connectivity index (χ2v) is 7.52. The highest BCUT2D eigenvalue weighted by atomic mass is 17.1. The van der Waals surface area contributed by atoms with Crippen LogP contribution in [-0.4, -0.2) is 33.9 Å². The van der Waals surface area contributed by atoms with E-state index in [-0.39, 0.29) is 16.8 Å². The van der Waals surface area contributed by atoms with Crippen LogP contribution in [0.25, 0.3) is 0 Å². The lowest BCUT2D eigenvalue weighted by atomic mass is 10.2. The van der Waals surface area contributed by atoms with Crippen LogP contribution in [0.3, 0.4) is 0 Å². The third kappa shape index (κ3) is 10.3. The molecule has 0 aliphatic carbocycles. The van der Waals surface area contributed by atoms with Crippen molar-refractivity contribution in [2.24, 2.45) is 0 Å². The summed E-state index contributed by atoms with van der Waals surface area (Å²) in [5, 5.41) is 2.95. The third-order valence-electron chi connectivity index (χ3n) is 1.54. The van der Waals surface area contributed by atoms with Gasteiger partial charge < -0.3 is 0 Å². The maximum absolute atomic E-state index is 5.85. The molecule has 0 bridgehead atoms. The van der Waals surface area contributed by atoms with Crippen LogP contribution >= 0.6 is 0 Å². The Kier molecular flexibility index (Phi) is 6.43. The summed E-state index contributed by atoms with van der Waals surface area (Å²) in [6, 6.07) is 0. The van der Waals surface area contributed by atoms with E-state index < -0.39 is 0 Å². The topological polar surface area (TPSA) is 34.2 Å². The Hall–Kier alpha value is -0.200. The van der Waals surface area contributed by atoms with E-state index in [0.29, 0.717) is 6.54 Å². The van der Waals surface area contributed by atoms with Gasteiger partial charge in [-0.3, -0.25) is 14.5 Å². The van der Waals surface area contributed by atoms with Crippen LogP contribution in [0.2, 0.25) is 0 Å². The van der Waals surface area contributed by atoms with Gasteiger partial charge in [0.25, 0.3) is 0 Å². The van der Waals surface area contributed by atoms with Gasteiger partial charge in [0.1, 0.15) is 0 Å². The fourth-order valence-electron chi connectivity index (χ4n) is 1.11. The number of hydrogen-bond acceptors (Lipinski definition) is 5. The Balaban J connectivity index is 4.97. The lowest BCUT2D eigenvalue weighted by Crippen LogP contribution is -2.51. The Morgan fingerprint density at radius 1 is 0.632 bits per heavy atom. The van der Waals surface area contributed by atoms with Crippen molar-refractivity contribution in [3.05, 3.63) is 0 Å². The summed E-state index contributed by atoms with van der Waals surface area (Å²) in [6.45, 7) is 20.4. The summed E-state index contributed by atoms with van der Waals surface area (Å²) in [5.74, 6) is 0. The molecule has 0 unspecified atom stereocenters. The predicted octanol–water partition coefficient (Wildman–Crippen LogP) is 3.72. The summed E-state index contributed by atoms with van der Waals surface area (Å²) in [4.78, 5) is 17.5. The van der Waals surface area contributed by atoms with Gasteiger partial charge in [-0.05, 0) is 69.2 Å². The smallest absolute Gasteiger partial charge is 0.0858 e. The van der Waals surface area contributed by atoms with Crippen molar-refractivity contribution in [1.29, 1.82) is 0 Å². The van der Waals surface area contributed by atoms with Gasteiger partial charge in [-0.2, -0.15) is 0 Å². The average molecular weight is 276 g/mol. The zero-order valence-electron chi connectivity index (χ0n) is 14.3. The zero-order chi connectivity index (χ0) is 15.5. The predicted molar refractivity (Wildman–Crippen MR) is 76.7 cm³/mol. The highest BCUT2D eigenvalue weighted by Crippen LogP contribution is 2.21. The largest absolute Gasteiger partial charge is 0.274 e. The molecule has 116 valence electrons. The first-order valence-electron chi connectivity index (χ1n) is 6.88. The summed E-state index contributed by atoms with van der Waals surface area (Å²) in [6.07, 6.45) is 0. The van der Waals surface area contributed by atoms with Crippen LogP contribution in [0.1, 0.15) is 69.2 Å². The van der Waals surface area contributed by atoms with E-state index in [0.717, 1.165) is 0 Å². The van der Waals surface area contributed by atoms with Crippen LogP contribution in [0, 0.1) is 0 Å². The van der Waals surface area contributed by atoms with E-state index >= 15 is 0 Å². The normalized spacial score (nSPS) is 14.5. The molecule has 0 spiro atoms.